The summed E-state index contributed by atoms with van der Waals surface area (Å²) in [5.41, 5.74) is 6.61. The van der Waals surface area contributed by atoms with Crippen LogP contribution in [0.15, 0.2) is 18.2 Å². The molecule has 1 heterocycles. The number of nitrogens with two attached hydrogens (primary N) is 1. The molecule has 1 fully saturated rings. The van der Waals surface area contributed by atoms with Gasteiger partial charge in [-0.15, -0.1) is 0 Å². The normalized spacial score (nSPS) is 17.4. The number of hydrogen-bond acceptors (Lipinski definition) is 4. The lowest BCUT2D eigenvalue weighted by molar-refractivity contribution is -0.122. The molecule has 0 saturated heterocycles. The van der Waals surface area contributed by atoms with E-state index in [1.165, 1.54) is 12.8 Å². The molecule has 3 N–H and O–H groups in total. The number of nitrogens with one attached hydrogen (secondary N) is 1. The molecule has 1 aromatic carbocycles. The van der Waals surface area contributed by atoms with Crippen LogP contribution in [0.25, 0.3) is 0 Å². The van der Waals surface area contributed by atoms with Crippen LogP contribution >= 0.6 is 0 Å². The third-order valence-corrected chi connectivity index (χ3v) is 4.69. The maximum absolute atomic E-state index is 12.3. The monoisotopic (exact) mass is 332 g/mol. The van der Waals surface area contributed by atoms with Crippen LogP contribution in [-0.2, 0) is 4.79 Å². The van der Waals surface area contributed by atoms with Crippen LogP contribution < -0.4 is 20.5 Å². The lowest BCUT2D eigenvalue weighted by Gasteiger charge is -2.23. The average molecular weight is 332 g/mol. The van der Waals surface area contributed by atoms with Crippen molar-refractivity contribution in [3.63, 3.8) is 0 Å². The minimum absolute atomic E-state index is 0.0948. The summed E-state index contributed by atoms with van der Waals surface area (Å²) >= 11 is 0. The van der Waals surface area contributed by atoms with Gasteiger partial charge in [-0.2, -0.15) is 0 Å². The van der Waals surface area contributed by atoms with Crippen LogP contribution in [0.1, 0.15) is 56.6 Å². The van der Waals surface area contributed by atoms with Crippen LogP contribution in [0.3, 0.4) is 0 Å². The second-order valence-electron chi connectivity index (χ2n) is 6.74. The number of rotatable bonds is 9. The van der Waals surface area contributed by atoms with Crippen molar-refractivity contribution in [2.75, 3.05) is 19.8 Å². The van der Waals surface area contributed by atoms with Crippen molar-refractivity contribution < 1.29 is 14.3 Å². The third-order valence-electron chi connectivity index (χ3n) is 4.69. The van der Waals surface area contributed by atoms with E-state index in [9.17, 15) is 4.79 Å². The van der Waals surface area contributed by atoms with Crippen LogP contribution in [0.2, 0.25) is 0 Å². The van der Waals surface area contributed by atoms with E-state index in [0.717, 1.165) is 49.3 Å². The quantitative estimate of drug-likeness (QED) is 0.682. The zero-order chi connectivity index (χ0) is 16.8. The summed E-state index contributed by atoms with van der Waals surface area (Å²) in [6.45, 7) is 1.92. The van der Waals surface area contributed by atoms with Gasteiger partial charge in [-0.1, -0.05) is 18.9 Å². The van der Waals surface area contributed by atoms with Gasteiger partial charge in [0.2, 0.25) is 5.91 Å². The molecule has 1 atom stereocenters. The largest absolute Gasteiger partial charge is 0.486 e. The summed E-state index contributed by atoms with van der Waals surface area (Å²) in [5, 5.41) is 3.23. The first-order valence-electron chi connectivity index (χ1n) is 9.17. The lowest BCUT2D eigenvalue weighted by Crippen LogP contribution is -2.29. The zero-order valence-electron chi connectivity index (χ0n) is 14.3. The molecular formula is C19H28N2O3. The molecule has 1 aromatic rings. The van der Waals surface area contributed by atoms with Crippen LogP contribution in [0.5, 0.6) is 11.5 Å². The molecule has 1 saturated carbocycles. The summed E-state index contributed by atoms with van der Waals surface area (Å²) in [4.78, 5) is 12.3. The second-order valence-corrected chi connectivity index (χ2v) is 6.74. The number of ether oxygens (including phenoxy) is 2. The molecule has 5 nitrogen and oxygen atoms in total. The van der Waals surface area contributed by atoms with E-state index in [-0.39, 0.29) is 11.9 Å². The highest BCUT2D eigenvalue weighted by atomic mass is 16.6. The van der Waals surface area contributed by atoms with Crippen molar-refractivity contribution in [3.05, 3.63) is 23.8 Å². The Kier molecular flexibility index (Phi) is 5.96. The van der Waals surface area contributed by atoms with Crippen molar-refractivity contribution in [1.29, 1.82) is 0 Å². The summed E-state index contributed by atoms with van der Waals surface area (Å²) in [6, 6.07) is 6.13. The summed E-state index contributed by atoms with van der Waals surface area (Å²) in [7, 11) is 0. The Morgan fingerprint density at radius 2 is 1.88 bits per heavy atom. The lowest BCUT2D eigenvalue weighted by atomic mass is 10.0. The second kappa shape index (κ2) is 8.38. The highest BCUT2D eigenvalue weighted by Crippen LogP contribution is 2.43. The van der Waals surface area contributed by atoms with Crippen molar-refractivity contribution in [2.24, 2.45) is 11.7 Å². The van der Waals surface area contributed by atoms with Crippen molar-refractivity contribution in [1.82, 2.24) is 5.32 Å². The van der Waals surface area contributed by atoms with Gasteiger partial charge >= 0.3 is 0 Å². The third kappa shape index (κ3) is 4.63. The Bertz CT molecular complexity index is 558. The molecule has 5 heteroatoms. The Morgan fingerprint density at radius 1 is 1.12 bits per heavy atom. The first kappa shape index (κ1) is 17.1. The van der Waals surface area contributed by atoms with E-state index in [1.54, 1.807) is 0 Å². The van der Waals surface area contributed by atoms with Gasteiger partial charge in [0.1, 0.15) is 13.2 Å². The molecule has 24 heavy (non-hydrogen) atoms. The Balaban J connectivity index is 1.56. The number of amides is 1. The number of hydrogen-bond donors (Lipinski definition) is 2. The molecule has 3 rings (SSSR count). The molecule has 0 spiro atoms. The van der Waals surface area contributed by atoms with Crippen LogP contribution in [0.4, 0.5) is 0 Å². The Morgan fingerprint density at radius 3 is 2.62 bits per heavy atom. The number of carbonyl (C=O) groups is 1. The highest BCUT2D eigenvalue weighted by molar-refractivity contribution is 5.76. The number of benzene rings is 1. The highest BCUT2D eigenvalue weighted by Gasteiger charge is 2.34. The predicted molar refractivity (Wildman–Crippen MR) is 93.2 cm³/mol. The summed E-state index contributed by atoms with van der Waals surface area (Å²) in [6.07, 6.45) is 7.11. The Hall–Kier alpha value is -1.75. The van der Waals surface area contributed by atoms with E-state index in [4.69, 9.17) is 15.2 Å². The van der Waals surface area contributed by atoms with E-state index >= 15 is 0 Å². The molecule has 0 aromatic heterocycles. The molecule has 1 amide bonds. The molecule has 2 aliphatic rings. The van der Waals surface area contributed by atoms with Gasteiger partial charge in [0, 0.05) is 6.42 Å². The van der Waals surface area contributed by atoms with Gasteiger partial charge in [-0.05, 0) is 55.8 Å². The van der Waals surface area contributed by atoms with Crippen molar-refractivity contribution in [3.8, 4) is 11.5 Å². The van der Waals surface area contributed by atoms with Crippen LogP contribution in [0, 0.1) is 5.92 Å². The van der Waals surface area contributed by atoms with Gasteiger partial charge in [0.25, 0.3) is 0 Å². The van der Waals surface area contributed by atoms with Gasteiger partial charge in [-0.3, -0.25) is 4.79 Å². The fourth-order valence-electron chi connectivity index (χ4n) is 3.19. The molecular weight excluding hydrogens is 304 g/mol. The van der Waals surface area contributed by atoms with E-state index < -0.39 is 0 Å². The maximum atomic E-state index is 12.3. The first-order chi connectivity index (χ1) is 11.8. The van der Waals surface area contributed by atoms with Crippen molar-refractivity contribution >= 4 is 5.91 Å². The SMILES string of the molecule is NCCCCCCC(=O)NC(c1ccc2c(c1)OCCO2)C1CC1. The standard InChI is InChI=1S/C19H28N2O3/c20-10-4-2-1-3-5-18(22)21-19(14-6-7-14)15-8-9-16-17(13-15)24-12-11-23-16/h8-9,13-14,19H,1-7,10-12,20H2,(H,21,22). The number of fused-ring (bicyclic) bond motifs is 1. The average Bonchev–Trinajstić information content (AvgIpc) is 3.44. The maximum Gasteiger partial charge on any atom is 0.220 e. The molecule has 132 valence electrons. The fourth-order valence-corrected chi connectivity index (χ4v) is 3.19. The summed E-state index contributed by atoms with van der Waals surface area (Å²) < 4.78 is 11.3. The fraction of sp³-hybridized carbons (Fsp3) is 0.632. The van der Waals surface area contributed by atoms with Crippen LogP contribution in [-0.4, -0.2) is 25.7 Å². The topological polar surface area (TPSA) is 73.6 Å². The minimum atomic E-state index is 0.0948. The molecule has 0 bridgehead atoms. The van der Waals surface area contributed by atoms with Gasteiger partial charge in [0.05, 0.1) is 6.04 Å². The van der Waals surface area contributed by atoms with Gasteiger partial charge in [0.15, 0.2) is 11.5 Å². The first-order valence-corrected chi connectivity index (χ1v) is 9.17. The number of carbonyl (C=O) groups excluding carboxylic acids is 1. The van der Waals surface area contributed by atoms with E-state index in [1.807, 2.05) is 12.1 Å². The number of unbranched alkanes of at least 4 members (excludes halogenated alkanes) is 3. The van der Waals surface area contributed by atoms with E-state index in [2.05, 4.69) is 11.4 Å². The molecule has 1 unspecified atom stereocenters. The predicted octanol–water partition coefficient (Wildman–Crippen LogP) is 2.93. The van der Waals surface area contributed by atoms with Crippen molar-refractivity contribution in [2.45, 2.75) is 51.0 Å². The Labute approximate surface area is 143 Å². The summed E-state index contributed by atoms with van der Waals surface area (Å²) in [5.74, 6) is 2.29. The van der Waals surface area contributed by atoms with E-state index in [0.29, 0.717) is 25.6 Å². The zero-order valence-corrected chi connectivity index (χ0v) is 14.3. The minimum Gasteiger partial charge on any atom is -0.486 e. The molecule has 0 radical (unpaired) electrons. The van der Waals surface area contributed by atoms with Gasteiger partial charge in [-0.25, -0.2) is 0 Å². The molecule has 1 aliphatic heterocycles. The van der Waals surface area contributed by atoms with Gasteiger partial charge < -0.3 is 20.5 Å². The molecule has 1 aliphatic carbocycles. The smallest absolute Gasteiger partial charge is 0.220 e.